The molecule has 1 unspecified atom stereocenters. The van der Waals surface area contributed by atoms with Crippen molar-refractivity contribution in [1.29, 1.82) is 0 Å². The molecule has 2 aromatic carbocycles. The first-order valence-electron chi connectivity index (χ1n) is 9.18. The molecule has 1 aliphatic rings. The molecule has 3 rings (SSSR count). The zero-order chi connectivity index (χ0) is 20.1. The van der Waals surface area contributed by atoms with E-state index in [4.69, 9.17) is 9.47 Å². The number of carboxylic acid groups (broad SMARTS) is 1. The highest BCUT2D eigenvalue weighted by Gasteiger charge is 2.34. The molecule has 1 aliphatic heterocycles. The van der Waals surface area contributed by atoms with Gasteiger partial charge in [-0.25, -0.2) is 9.18 Å². The number of halogens is 1. The Hall–Kier alpha value is -2.48. The second-order valence-electron chi connectivity index (χ2n) is 6.73. The van der Waals surface area contributed by atoms with E-state index >= 15 is 0 Å². The molecule has 0 aliphatic carbocycles. The van der Waals surface area contributed by atoms with Gasteiger partial charge in [0.25, 0.3) is 0 Å². The van der Waals surface area contributed by atoms with Gasteiger partial charge >= 0.3 is 6.09 Å². The number of morpholine rings is 1. The van der Waals surface area contributed by atoms with Crippen molar-refractivity contribution in [3.8, 4) is 11.1 Å². The first-order chi connectivity index (χ1) is 13.5. The smallest absolute Gasteiger partial charge is 0.407 e. The first-order valence-corrected chi connectivity index (χ1v) is 9.18. The summed E-state index contributed by atoms with van der Waals surface area (Å²) >= 11 is 0. The lowest BCUT2D eigenvalue weighted by molar-refractivity contribution is -0.112. The van der Waals surface area contributed by atoms with Gasteiger partial charge in [-0.05, 0) is 24.1 Å². The number of hydrogen-bond donors (Lipinski definition) is 2. The van der Waals surface area contributed by atoms with E-state index < -0.39 is 24.1 Å². The third kappa shape index (κ3) is 4.49. The van der Waals surface area contributed by atoms with Crippen LogP contribution in [0.4, 0.5) is 9.18 Å². The summed E-state index contributed by atoms with van der Waals surface area (Å²) in [6.45, 7) is 2.35. The van der Waals surface area contributed by atoms with Crippen LogP contribution in [0.1, 0.15) is 17.2 Å². The molecular formula is C21H24FNO5. The SMILES string of the molecule is Cc1cccc(-c2c(F)cccc2[C@H](OCCO)C2CN(C(=O)O)CCO2)c1. The summed E-state index contributed by atoms with van der Waals surface area (Å²) in [4.78, 5) is 12.6. The summed E-state index contributed by atoms with van der Waals surface area (Å²) in [5, 5.41) is 18.6. The minimum atomic E-state index is -1.03. The third-order valence-electron chi connectivity index (χ3n) is 4.75. The van der Waals surface area contributed by atoms with E-state index in [2.05, 4.69) is 0 Å². The number of carbonyl (C=O) groups is 1. The van der Waals surface area contributed by atoms with E-state index in [1.807, 2.05) is 31.2 Å². The lowest BCUT2D eigenvalue weighted by atomic mass is 9.92. The van der Waals surface area contributed by atoms with Crippen molar-refractivity contribution < 1.29 is 28.9 Å². The van der Waals surface area contributed by atoms with Gasteiger partial charge in [0.15, 0.2) is 0 Å². The largest absolute Gasteiger partial charge is 0.465 e. The molecule has 0 aromatic heterocycles. The minimum absolute atomic E-state index is 0.0291. The molecule has 0 bridgehead atoms. The van der Waals surface area contributed by atoms with Crippen molar-refractivity contribution in [2.24, 2.45) is 0 Å². The molecule has 2 N–H and O–H groups in total. The first kappa shape index (κ1) is 20.3. The molecule has 0 radical (unpaired) electrons. The summed E-state index contributed by atoms with van der Waals surface area (Å²) in [6, 6.07) is 12.2. The highest BCUT2D eigenvalue weighted by molar-refractivity contribution is 5.69. The lowest BCUT2D eigenvalue weighted by Crippen LogP contribution is -2.47. The molecule has 2 atom stereocenters. The zero-order valence-electron chi connectivity index (χ0n) is 15.7. The molecule has 1 amide bonds. The number of amides is 1. The molecule has 28 heavy (non-hydrogen) atoms. The number of aryl methyl sites for hydroxylation is 1. The molecule has 2 aromatic rings. The Morgan fingerprint density at radius 2 is 2.14 bits per heavy atom. The molecule has 1 saturated heterocycles. The quantitative estimate of drug-likeness (QED) is 0.793. The van der Waals surface area contributed by atoms with Crippen molar-refractivity contribution >= 4 is 6.09 Å². The van der Waals surface area contributed by atoms with Gasteiger partial charge < -0.3 is 24.6 Å². The van der Waals surface area contributed by atoms with Gasteiger partial charge in [0, 0.05) is 12.1 Å². The van der Waals surface area contributed by atoms with E-state index in [-0.39, 0.29) is 32.9 Å². The van der Waals surface area contributed by atoms with Crippen molar-refractivity contribution in [2.45, 2.75) is 19.1 Å². The number of nitrogens with zero attached hydrogens (tertiary/aromatic N) is 1. The maximum absolute atomic E-state index is 14.9. The maximum atomic E-state index is 14.9. The van der Waals surface area contributed by atoms with Crippen molar-refractivity contribution in [1.82, 2.24) is 4.90 Å². The zero-order valence-corrected chi connectivity index (χ0v) is 15.7. The molecule has 0 spiro atoms. The van der Waals surface area contributed by atoms with E-state index in [0.29, 0.717) is 16.7 Å². The number of benzene rings is 2. The van der Waals surface area contributed by atoms with E-state index in [1.165, 1.54) is 11.0 Å². The number of aliphatic hydroxyl groups is 1. The summed E-state index contributed by atoms with van der Waals surface area (Å²) in [5.74, 6) is -0.397. The number of aliphatic hydroxyl groups excluding tert-OH is 1. The summed E-state index contributed by atoms with van der Waals surface area (Å²) < 4.78 is 26.5. The number of hydrogen-bond acceptors (Lipinski definition) is 4. The average Bonchev–Trinajstić information content (AvgIpc) is 2.68. The Morgan fingerprint density at radius 3 is 2.86 bits per heavy atom. The van der Waals surface area contributed by atoms with Gasteiger partial charge in [0.05, 0.1) is 26.4 Å². The highest BCUT2D eigenvalue weighted by atomic mass is 19.1. The van der Waals surface area contributed by atoms with Crippen LogP contribution in [0.5, 0.6) is 0 Å². The van der Waals surface area contributed by atoms with Gasteiger partial charge in [-0.2, -0.15) is 0 Å². The Labute approximate surface area is 163 Å². The molecule has 6 nitrogen and oxygen atoms in total. The van der Waals surface area contributed by atoms with E-state index in [1.54, 1.807) is 12.1 Å². The van der Waals surface area contributed by atoms with Crippen LogP contribution in [-0.2, 0) is 9.47 Å². The third-order valence-corrected chi connectivity index (χ3v) is 4.75. The minimum Gasteiger partial charge on any atom is -0.465 e. The molecule has 1 fully saturated rings. The van der Waals surface area contributed by atoms with Crippen molar-refractivity contribution in [2.75, 3.05) is 32.9 Å². The molecule has 1 heterocycles. The molecule has 0 saturated carbocycles. The predicted octanol–water partition coefficient (Wildman–Crippen LogP) is 3.23. The lowest BCUT2D eigenvalue weighted by Gasteiger charge is -2.36. The Bertz CT molecular complexity index is 828. The molecule has 150 valence electrons. The van der Waals surface area contributed by atoms with Crippen LogP contribution in [-0.4, -0.2) is 60.2 Å². The van der Waals surface area contributed by atoms with Crippen molar-refractivity contribution in [3.05, 3.63) is 59.4 Å². The second kappa shape index (κ2) is 9.14. The fraction of sp³-hybridized carbons (Fsp3) is 0.381. The second-order valence-corrected chi connectivity index (χ2v) is 6.73. The summed E-state index contributed by atoms with van der Waals surface area (Å²) in [5.41, 5.74) is 2.66. The van der Waals surface area contributed by atoms with Gasteiger partial charge in [0.2, 0.25) is 0 Å². The molecular weight excluding hydrogens is 365 g/mol. The van der Waals surface area contributed by atoms with Crippen LogP contribution in [0.15, 0.2) is 42.5 Å². The monoisotopic (exact) mass is 389 g/mol. The van der Waals surface area contributed by atoms with Crippen molar-refractivity contribution in [3.63, 3.8) is 0 Å². The van der Waals surface area contributed by atoms with Gasteiger partial charge in [-0.15, -0.1) is 0 Å². The van der Waals surface area contributed by atoms with E-state index in [9.17, 15) is 19.4 Å². The topological polar surface area (TPSA) is 79.2 Å². The van der Waals surface area contributed by atoms with Gasteiger partial charge in [-0.1, -0.05) is 42.0 Å². The Morgan fingerprint density at radius 1 is 1.36 bits per heavy atom. The normalized spacial score (nSPS) is 18.1. The maximum Gasteiger partial charge on any atom is 0.407 e. The van der Waals surface area contributed by atoms with Crippen LogP contribution in [0.2, 0.25) is 0 Å². The predicted molar refractivity (Wildman–Crippen MR) is 102 cm³/mol. The Kier molecular flexibility index (Phi) is 6.61. The fourth-order valence-corrected chi connectivity index (χ4v) is 3.49. The highest BCUT2D eigenvalue weighted by Crippen LogP contribution is 2.36. The van der Waals surface area contributed by atoms with Crippen LogP contribution in [0.25, 0.3) is 11.1 Å². The molecule has 7 heteroatoms. The van der Waals surface area contributed by atoms with Crippen LogP contribution in [0.3, 0.4) is 0 Å². The summed E-state index contributed by atoms with van der Waals surface area (Å²) in [7, 11) is 0. The number of rotatable bonds is 6. The Balaban J connectivity index is 2.03. The van der Waals surface area contributed by atoms with Gasteiger partial charge in [-0.3, -0.25) is 0 Å². The van der Waals surface area contributed by atoms with E-state index in [0.717, 1.165) is 5.56 Å². The van der Waals surface area contributed by atoms with Crippen LogP contribution >= 0.6 is 0 Å². The van der Waals surface area contributed by atoms with Crippen LogP contribution in [0, 0.1) is 12.7 Å². The summed E-state index contributed by atoms with van der Waals surface area (Å²) in [6.07, 6.45) is -2.37. The fourth-order valence-electron chi connectivity index (χ4n) is 3.49. The standard InChI is InChI=1S/C21H24FNO5/c1-14-4-2-5-15(12-14)19-16(6-3-7-17(19)22)20(28-11-9-24)18-13-23(21(25)26)8-10-27-18/h2-7,12,18,20,24H,8-11,13H2,1H3,(H,25,26)/t18?,20-/m0/s1. The number of ether oxygens (including phenoxy) is 2. The van der Waals surface area contributed by atoms with Crippen LogP contribution < -0.4 is 0 Å². The average molecular weight is 389 g/mol. The van der Waals surface area contributed by atoms with Gasteiger partial charge in [0.1, 0.15) is 18.0 Å².